The fourth-order valence-corrected chi connectivity index (χ4v) is 7.78. The Morgan fingerprint density at radius 1 is 1.14 bits per heavy atom. The van der Waals surface area contributed by atoms with E-state index in [1.54, 1.807) is 40.9 Å². The second-order valence-electron chi connectivity index (χ2n) is 15.1. The number of fused-ring (bicyclic) bond motifs is 4. The third-order valence-corrected chi connectivity index (χ3v) is 10.1. The van der Waals surface area contributed by atoms with E-state index in [9.17, 15) is 29.1 Å². The van der Waals surface area contributed by atoms with Gasteiger partial charge < -0.3 is 39.2 Å². The van der Waals surface area contributed by atoms with Crippen LogP contribution in [0.25, 0.3) is 6.08 Å². The van der Waals surface area contributed by atoms with Crippen molar-refractivity contribution in [3.63, 3.8) is 0 Å². The van der Waals surface area contributed by atoms with E-state index in [-0.39, 0.29) is 45.1 Å². The normalized spacial score (nSPS) is 30.5. The van der Waals surface area contributed by atoms with E-state index in [0.29, 0.717) is 12.8 Å². The SMILES string of the molecule is CN(C)C(=O)C=Cc1ccc(CN2O[C@@H]3[C@H]4OCO[C@H]4[C@H]4C[C@]3(C(=O)N3CCC[C@@H]3C(=O)N[C@H](CO)CCC(=O)OC(C)(C)C)[C@@H]2C(=O)O4)cc1. The van der Waals surface area contributed by atoms with Crippen LogP contribution in [-0.4, -0.2) is 132 Å². The summed E-state index contributed by atoms with van der Waals surface area (Å²) in [6, 6.07) is 4.71. The van der Waals surface area contributed by atoms with Crippen LogP contribution in [0.4, 0.5) is 0 Å². The number of aliphatic hydroxyl groups is 1. The highest BCUT2D eigenvalue weighted by molar-refractivity contribution is 5.96. The molecular weight excluding hydrogens is 664 g/mol. The summed E-state index contributed by atoms with van der Waals surface area (Å²) in [6.45, 7) is 5.29. The van der Waals surface area contributed by atoms with E-state index >= 15 is 0 Å². The van der Waals surface area contributed by atoms with Gasteiger partial charge in [-0.25, -0.2) is 0 Å². The lowest BCUT2D eigenvalue weighted by Crippen LogP contribution is -2.70. The first kappa shape index (κ1) is 36.9. The quantitative estimate of drug-likeness (QED) is 0.246. The third-order valence-electron chi connectivity index (χ3n) is 10.1. The summed E-state index contributed by atoms with van der Waals surface area (Å²) >= 11 is 0. The van der Waals surface area contributed by atoms with Crippen molar-refractivity contribution in [1.29, 1.82) is 0 Å². The number of nitrogens with zero attached hydrogens (tertiary/aromatic N) is 3. The zero-order valence-electron chi connectivity index (χ0n) is 29.7. The Morgan fingerprint density at radius 3 is 2.55 bits per heavy atom. The lowest BCUT2D eigenvalue weighted by atomic mass is 9.62. The van der Waals surface area contributed by atoms with Gasteiger partial charge in [-0.05, 0) is 57.2 Å². The summed E-state index contributed by atoms with van der Waals surface area (Å²) in [5.74, 6) is -2.04. The van der Waals surface area contributed by atoms with Gasteiger partial charge in [0.2, 0.25) is 17.7 Å². The Morgan fingerprint density at radius 2 is 1.86 bits per heavy atom. The van der Waals surface area contributed by atoms with E-state index in [1.807, 2.05) is 24.3 Å². The molecule has 278 valence electrons. The molecule has 51 heavy (non-hydrogen) atoms. The van der Waals surface area contributed by atoms with Gasteiger partial charge in [0.05, 0.1) is 19.2 Å². The summed E-state index contributed by atoms with van der Waals surface area (Å²) in [6.07, 6.45) is 1.53. The summed E-state index contributed by atoms with van der Waals surface area (Å²) in [5.41, 5.74) is -0.474. The van der Waals surface area contributed by atoms with Crippen molar-refractivity contribution < 1.29 is 52.9 Å². The van der Waals surface area contributed by atoms with Crippen LogP contribution >= 0.6 is 0 Å². The van der Waals surface area contributed by atoms with Crippen LogP contribution in [0.1, 0.15) is 64.0 Å². The van der Waals surface area contributed by atoms with Gasteiger partial charge in [-0.15, -0.1) is 0 Å². The number of likely N-dealkylation sites (N-methyl/N-ethyl adjacent to an activating group) is 1. The van der Waals surface area contributed by atoms with E-state index in [4.69, 9.17) is 23.8 Å². The number of aliphatic hydroxyl groups excluding tert-OH is 1. The van der Waals surface area contributed by atoms with Gasteiger partial charge in [-0.3, -0.25) is 28.8 Å². The molecule has 5 fully saturated rings. The topological polar surface area (TPSA) is 173 Å². The number of carbonyl (C=O) groups excluding carboxylic acids is 5. The molecule has 2 N–H and O–H groups in total. The minimum Gasteiger partial charge on any atom is -0.460 e. The van der Waals surface area contributed by atoms with Crippen LogP contribution < -0.4 is 5.32 Å². The number of rotatable bonds is 11. The number of esters is 2. The molecule has 2 bridgehead atoms. The van der Waals surface area contributed by atoms with Crippen molar-refractivity contribution in [2.75, 3.05) is 34.0 Å². The highest BCUT2D eigenvalue weighted by Crippen LogP contribution is 2.56. The maximum Gasteiger partial charge on any atom is 0.327 e. The summed E-state index contributed by atoms with van der Waals surface area (Å²) in [7, 11) is 3.35. The maximum absolute atomic E-state index is 14.9. The predicted octanol–water partition coefficient (Wildman–Crippen LogP) is 0.919. The standard InChI is InChI=1S/C36H48N4O11/c1-35(2,3)50-27(43)15-13-23(19-41)37-32(44)24-7-6-16-39(24)34(46)36-17-25-28-29(48-20-47-28)31(36)51-40(30(36)33(45)49-25)18-22-10-8-21(9-11-22)12-14-26(42)38(4)5/h8-12,14,23-25,28-31,41H,6-7,13,15-20H2,1-5H3,(H,37,44)/t23-,24+,25+,28-,29-,30-,31+,36-/m0/s1. The largest absolute Gasteiger partial charge is 0.460 e. The number of carbonyl (C=O) groups is 5. The number of hydroxylamine groups is 2. The van der Waals surface area contributed by atoms with Gasteiger partial charge >= 0.3 is 11.9 Å². The minimum absolute atomic E-state index is 0.000580. The van der Waals surface area contributed by atoms with Crippen LogP contribution in [0.5, 0.6) is 0 Å². The number of benzene rings is 1. The van der Waals surface area contributed by atoms with Gasteiger partial charge in [0.25, 0.3) is 0 Å². The molecule has 1 aromatic carbocycles. The Kier molecular flexibility index (Phi) is 10.6. The molecule has 15 nitrogen and oxygen atoms in total. The minimum atomic E-state index is -1.42. The highest BCUT2D eigenvalue weighted by atomic mass is 16.8. The number of hydrogen-bond acceptors (Lipinski definition) is 12. The van der Waals surface area contributed by atoms with Crippen molar-refractivity contribution in [3.05, 3.63) is 41.5 Å². The average molecular weight is 713 g/mol. The number of likely N-dealkylation sites (tertiary alicyclic amines) is 1. The zero-order valence-corrected chi connectivity index (χ0v) is 29.7. The molecule has 0 spiro atoms. The molecule has 3 amide bonds. The van der Waals surface area contributed by atoms with Crippen LogP contribution in [0.3, 0.4) is 0 Å². The Bertz CT molecular complexity index is 1540. The van der Waals surface area contributed by atoms with Gasteiger partial charge in [-0.1, -0.05) is 24.3 Å². The molecule has 15 heteroatoms. The van der Waals surface area contributed by atoms with Crippen LogP contribution in [0.2, 0.25) is 0 Å². The first-order valence-electron chi connectivity index (χ1n) is 17.5. The molecule has 6 rings (SSSR count). The predicted molar refractivity (Wildman–Crippen MR) is 179 cm³/mol. The maximum atomic E-state index is 14.9. The van der Waals surface area contributed by atoms with Gasteiger partial charge in [0.1, 0.15) is 48.3 Å². The molecule has 0 aromatic heterocycles. The zero-order chi connectivity index (χ0) is 36.7. The second kappa shape index (κ2) is 14.6. The van der Waals surface area contributed by atoms with Gasteiger partial charge in [0.15, 0.2) is 6.04 Å². The Labute approximate surface area is 297 Å². The molecular formula is C36H48N4O11. The van der Waals surface area contributed by atoms with Gasteiger partial charge in [0, 0.05) is 39.6 Å². The van der Waals surface area contributed by atoms with Gasteiger partial charge in [-0.2, -0.15) is 5.06 Å². The van der Waals surface area contributed by atoms with E-state index in [1.165, 1.54) is 20.9 Å². The van der Waals surface area contributed by atoms with Crippen molar-refractivity contribution in [1.82, 2.24) is 20.2 Å². The van der Waals surface area contributed by atoms with E-state index in [2.05, 4.69) is 5.32 Å². The number of hydrogen-bond donors (Lipinski definition) is 2. The average Bonchev–Trinajstić information content (AvgIpc) is 3.83. The fraction of sp³-hybridized carbons (Fsp3) is 0.639. The number of amides is 3. The molecule has 0 radical (unpaired) electrons. The van der Waals surface area contributed by atoms with E-state index in [0.717, 1.165) is 11.1 Å². The molecule has 1 aromatic rings. The number of ether oxygens (including phenoxy) is 4. The monoisotopic (exact) mass is 712 g/mol. The molecule has 0 unspecified atom stereocenters. The van der Waals surface area contributed by atoms with Crippen LogP contribution in [-0.2, 0) is 54.3 Å². The highest BCUT2D eigenvalue weighted by Gasteiger charge is 2.75. The Balaban J connectivity index is 1.21. The third kappa shape index (κ3) is 7.40. The van der Waals surface area contributed by atoms with Crippen molar-refractivity contribution in [2.45, 2.75) is 108 Å². The number of nitrogens with one attached hydrogen (secondary N) is 1. The first-order chi connectivity index (χ1) is 24.2. The molecule has 4 aliphatic heterocycles. The van der Waals surface area contributed by atoms with E-state index < -0.39 is 83.9 Å². The van der Waals surface area contributed by atoms with Crippen molar-refractivity contribution in [2.24, 2.45) is 5.41 Å². The summed E-state index contributed by atoms with van der Waals surface area (Å²) in [5, 5.41) is 14.3. The summed E-state index contributed by atoms with van der Waals surface area (Å²) in [4.78, 5) is 76.3. The molecule has 1 saturated carbocycles. The lowest BCUT2D eigenvalue weighted by Gasteiger charge is -2.50. The smallest absolute Gasteiger partial charge is 0.327 e. The lowest BCUT2D eigenvalue weighted by molar-refractivity contribution is -0.204. The fourth-order valence-electron chi connectivity index (χ4n) is 7.78. The van der Waals surface area contributed by atoms with Crippen molar-refractivity contribution in [3.8, 4) is 0 Å². The molecule has 5 aliphatic rings. The summed E-state index contributed by atoms with van der Waals surface area (Å²) < 4.78 is 23.0. The molecule has 4 saturated heterocycles. The van der Waals surface area contributed by atoms with Crippen LogP contribution in [0, 0.1) is 5.41 Å². The first-order valence-corrected chi connectivity index (χ1v) is 17.5. The van der Waals surface area contributed by atoms with Crippen molar-refractivity contribution >= 4 is 35.7 Å². The molecule has 1 aliphatic carbocycles. The molecule has 4 heterocycles. The molecule has 8 atom stereocenters. The Hall–Kier alpha value is -3.89. The second-order valence-corrected chi connectivity index (χ2v) is 15.1. The van der Waals surface area contributed by atoms with Crippen LogP contribution in [0.15, 0.2) is 30.3 Å².